The third-order valence-electron chi connectivity index (χ3n) is 5.41. The van der Waals surface area contributed by atoms with Gasteiger partial charge in [0.15, 0.2) is 5.96 Å². The van der Waals surface area contributed by atoms with Gasteiger partial charge in [-0.1, -0.05) is 30.3 Å². The topological polar surface area (TPSA) is 46.1 Å². The molecule has 5 nitrogen and oxygen atoms in total. The van der Waals surface area contributed by atoms with Gasteiger partial charge in [0, 0.05) is 38.2 Å². The summed E-state index contributed by atoms with van der Waals surface area (Å²) in [6.07, 6.45) is 3.88. The Morgan fingerprint density at radius 3 is 2.80 bits per heavy atom. The SMILES string of the molecule is CCN=C(NC1CC1c1ccccc1)N1CCOC(C2CCCO2)C1. The molecule has 25 heavy (non-hydrogen) atoms. The largest absolute Gasteiger partial charge is 0.375 e. The van der Waals surface area contributed by atoms with Gasteiger partial charge in [-0.25, -0.2) is 0 Å². The molecule has 4 unspecified atom stereocenters. The van der Waals surface area contributed by atoms with E-state index in [1.807, 2.05) is 0 Å². The van der Waals surface area contributed by atoms with Gasteiger partial charge in [0.25, 0.3) is 0 Å². The van der Waals surface area contributed by atoms with Crippen molar-refractivity contribution in [1.29, 1.82) is 0 Å². The van der Waals surface area contributed by atoms with E-state index >= 15 is 0 Å². The van der Waals surface area contributed by atoms with E-state index in [4.69, 9.17) is 14.5 Å². The summed E-state index contributed by atoms with van der Waals surface area (Å²) in [6, 6.07) is 11.3. The van der Waals surface area contributed by atoms with Gasteiger partial charge in [0.2, 0.25) is 0 Å². The highest BCUT2D eigenvalue weighted by molar-refractivity contribution is 5.81. The van der Waals surface area contributed by atoms with Crippen molar-refractivity contribution in [3.05, 3.63) is 35.9 Å². The smallest absolute Gasteiger partial charge is 0.194 e. The first kappa shape index (κ1) is 16.9. The second-order valence-corrected chi connectivity index (χ2v) is 7.21. The van der Waals surface area contributed by atoms with Crippen LogP contribution in [0.15, 0.2) is 35.3 Å². The van der Waals surface area contributed by atoms with Crippen LogP contribution in [-0.2, 0) is 9.47 Å². The Morgan fingerprint density at radius 2 is 2.04 bits per heavy atom. The van der Waals surface area contributed by atoms with Crippen LogP contribution in [0.1, 0.15) is 37.7 Å². The zero-order chi connectivity index (χ0) is 17.1. The Hall–Kier alpha value is -1.59. The van der Waals surface area contributed by atoms with Crippen molar-refractivity contribution in [2.24, 2.45) is 4.99 Å². The van der Waals surface area contributed by atoms with Crippen LogP contribution in [0.5, 0.6) is 0 Å². The van der Waals surface area contributed by atoms with Crippen LogP contribution >= 0.6 is 0 Å². The van der Waals surface area contributed by atoms with Crippen molar-refractivity contribution in [2.45, 2.75) is 50.4 Å². The molecule has 0 bridgehead atoms. The quantitative estimate of drug-likeness (QED) is 0.674. The Labute approximate surface area is 150 Å². The third-order valence-corrected chi connectivity index (χ3v) is 5.41. The van der Waals surface area contributed by atoms with Crippen LogP contribution < -0.4 is 5.32 Å². The molecule has 5 heteroatoms. The minimum Gasteiger partial charge on any atom is -0.375 e. The lowest BCUT2D eigenvalue weighted by atomic mass is 10.1. The van der Waals surface area contributed by atoms with Gasteiger partial charge < -0.3 is 19.7 Å². The van der Waals surface area contributed by atoms with Crippen molar-refractivity contribution in [2.75, 3.05) is 32.8 Å². The summed E-state index contributed by atoms with van der Waals surface area (Å²) in [6.45, 7) is 6.30. The molecule has 0 aromatic heterocycles. The van der Waals surface area contributed by atoms with Gasteiger partial charge in [0.05, 0.1) is 12.7 Å². The Balaban J connectivity index is 1.37. The number of ether oxygens (including phenoxy) is 2. The highest BCUT2D eigenvalue weighted by Crippen LogP contribution is 2.40. The number of hydrogen-bond acceptors (Lipinski definition) is 3. The van der Waals surface area contributed by atoms with Crippen LogP contribution in [0.3, 0.4) is 0 Å². The number of rotatable bonds is 4. The molecule has 1 aromatic rings. The molecule has 3 aliphatic rings. The summed E-state index contributed by atoms with van der Waals surface area (Å²) < 4.78 is 11.8. The molecule has 0 radical (unpaired) electrons. The molecule has 1 aliphatic carbocycles. The monoisotopic (exact) mass is 343 g/mol. The molecular formula is C20H29N3O2. The number of benzene rings is 1. The Bertz CT molecular complexity index is 586. The van der Waals surface area contributed by atoms with Gasteiger partial charge in [-0.05, 0) is 31.7 Å². The number of aliphatic imine (C=N–C) groups is 1. The van der Waals surface area contributed by atoms with E-state index in [1.54, 1.807) is 0 Å². The van der Waals surface area contributed by atoms with E-state index in [0.717, 1.165) is 51.6 Å². The lowest BCUT2D eigenvalue weighted by Crippen LogP contribution is -2.53. The third kappa shape index (κ3) is 3.98. The zero-order valence-corrected chi connectivity index (χ0v) is 15.1. The molecule has 136 valence electrons. The molecule has 2 saturated heterocycles. The lowest BCUT2D eigenvalue weighted by Gasteiger charge is -2.37. The first-order valence-corrected chi connectivity index (χ1v) is 9.69. The number of nitrogens with one attached hydrogen (secondary N) is 1. The predicted octanol–water partition coefficient (Wildman–Crippen LogP) is 2.39. The van der Waals surface area contributed by atoms with Crippen molar-refractivity contribution in [3.63, 3.8) is 0 Å². The number of nitrogens with zero attached hydrogens (tertiary/aromatic N) is 2. The standard InChI is InChI=1S/C20H29N3O2/c1-2-21-20(22-17-13-16(17)15-7-4-3-5-8-15)23-10-12-25-19(14-23)18-9-6-11-24-18/h3-5,7-8,16-19H,2,6,9-14H2,1H3,(H,21,22). The Kier molecular flexibility index (Phi) is 5.22. The maximum absolute atomic E-state index is 5.98. The highest BCUT2D eigenvalue weighted by Gasteiger charge is 2.40. The molecule has 2 heterocycles. The molecule has 3 fully saturated rings. The fourth-order valence-electron chi connectivity index (χ4n) is 3.96. The fraction of sp³-hybridized carbons (Fsp3) is 0.650. The zero-order valence-electron chi connectivity index (χ0n) is 15.1. The summed E-state index contributed by atoms with van der Waals surface area (Å²) in [4.78, 5) is 7.11. The first-order chi connectivity index (χ1) is 12.3. The second kappa shape index (κ2) is 7.75. The number of guanidine groups is 1. The molecule has 0 spiro atoms. The Morgan fingerprint density at radius 1 is 1.20 bits per heavy atom. The predicted molar refractivity (Wildman–Crippen MR) is 99.0 cm³/mol. The summed E-state index contributed by atoms with van der Waals surface area (Å²) in [7, 11) is 0. The lowest BCUT2D eigenvalue weighted by molar-refractivity contribution is -0.0817. The van der Waals surface area contributed by atoms with Gasteiger partial charge in [0.1, 0.15) is 6.10 Å². The average molecular weight is 343 g/mol. The highest BCUT2D eigenvalue weighted by atomic mass is 16.5. The van der Waals surface area contributed by atoms with Crippen molar-refractivity contribution < 1.29 is 9.47 Å². The summed E-state index contributed by atoms with van der Waals surface area (Å²) in [5.41, 5.74) is 1.43. The van der Waals surface area contributed by atoms with Crippen LogP contribution in [0.4, 0.5) is 0 Å². The van der Waals surface area contributed by atoms with E-state index in [-0.39, 0.29) is 12.2 Å². The van der Waals surface area contributed by atoms with E-state index in [9.17, 15) is 0 Å². The maximum Gasteiger partial charge on any atom is 0.194 e. The van der Waals surface area contributed by atoms with Crippen LogP contribution in [0.25, 0.3) is 0 Å². The van der Waals surface area contributed by atoms with Gasteiger partial charge in [-0.3, -0.25) is 4.99 Å². The summed E-state index contributed by atoms with van der Waals surface area (Å²) in [5, 5.41) is 3.70. The molecule has 0 amide bonds. The molecule has 1 saturated carbocycles. The van der Waals surface area contributed by atoms with Crippen LogP contribution in [0, 0.1) is 0 Å². The van der Waals surface area contributed by atoms with E-state index in [1.165, 1.54) is 12.0 Å². The molecule has 4 atom stereocenters. The second-order valence-electron chi connectivity index (χ2n) is 7.21. The van der Waals surface area contributed by atoms with Crippen molar-refractivity contribution in [1.82, 2.24) is 10.2 Å². The molecule has 1 N–H and O–H groups in total. The van der Waals surface area contributed by atoms with Gasteiger partial charge in [-0.15, -0.1) is 0 Å². The van der Waals surface area contributed by atoms with Gasteiger partial charge >= 0.3 is 0 Å². The van der Waals surface area contributed by atoms with Crippen molar-refractivity contribution >= 4 is 5.96 Å². The van der Waals surface area contributed by atoms with E-state index < -0.39 is 0 Å². The average Bonchev–Trinajstić information content (AvgIpc) is 3.21. The summed E-state index contributed by atoms with van der Waals surface area (Å²) in [5.74, 6) is 1.65. The van der Waals surface area contributed by atoms with Gasteiger partial charge in [-0.2, -0.15) is 0 Å². The minimum absolute atomic E-state index is 0.171. The number of morpholine rings is 1. The molecule has 1 aromatic carbocycles. The fourth-order valence-corrected chi connectivity index (χ4v) is 3.96. The molecule has 4 rings (SSSR count). The number of hydrogen-bond donors (Lipinski definition) is 1. The molecular weight excluding hydrogens is 314 g/mol. The van der Waals surface area contributed by atoms with Crippen LogP contribution in [0.2, 0.25) is 0 Å². The normalized spacial score (nSPS) is 32.7. The summed E-state index contributed by atoms with van der Waals surface area (Å²) >= 11 is 0. The van der Waals surface area contributed by atoms with E-state index in [0.29, 0.717) is 12.0 Å². The van der Waals surface area contributed by atoms with Crippen LogP contribution in [-0.4, -0.2) is 62.0 Å². The maximum atomic E-state index is 5.98. The first-order valence-electron chi connectivity index (χ1n) is 9.69. The van der Waals surface area contributed by atoms with Crippen molar-refractivity contribution in [3.8, 4) is 0 Å². The van der Waals surface area contributed by atoms with E-state index in [2.05, 4.69) is 47.5 Å². The molecule has 2 aliphatic heterocycles. The minimum atomic E-state index is 0.171.